The van der Waals surface area contributed by atoms with Crippen molar-refractivity contribution in [2.75, 3.05) is 0 Å². The number of aliphatic carboxylic acids is 1. The lowest BCUT2D eigenvalue weighted by atomic mass is 10.0. The molecule has 0 spiro atoms. The zero-order chi connectivity index (χ0) is 13.9. The van der Waals surface area contributed by atoms with E-state index in [0.29, 0.717) is 4.88 Å². The quantitative estimate of drug-likeness (QED) is 0.794. The molecule has 1 aromatic heterocycles. The molecule has 0 aromatic carbocycles. The van der Waals surface area contributed by atoms with E-state index >= 15 is 0 Å². The molecule has 0 saturated heterocycles. The summed E-state index contributed by atoms with van der Waals surface area (Å²) in [5.41, 5.74) is -0.206. The average Bonchev–Trinajstić information content (AvgIpc) is 2.97. The fourth-order valence-electron chi connectivity index (χ4n) is 2.43. The molecule has 1 fully saturated rings. The molecule has 104 valence electrons. The number of carboxylic acid groups (broad SMARTS) is 1. The van der Waals surface area contributed by atoms with E-state index in [9.17, 15) is 14.7 Å². The Labute approximate surface area is 116 Å². The topological polar surface area (TPSA) is 78.4 Å². The number of hydrogen-bond donors (Lipinski definition) is 3. The minimum atomic E-state index is -1.05. The maximum Gasteiger partial charge on any atom is 0.331 e. The van der Waals surface area contributed by atoms with Crippen molar-refractivity contribution in [3.8, 4) is 0 Å². The van der Waals surface area contributed by atoms with E-state index in [1.165, 1.54) is 11.3 Å². The van der Waals surface area contributed by atoms with Gasteiger partial charge in [-0.15, -0.1) is 11.3 Å². The second-order valence-electron chi connectivity index (χ2n) is 5.15. The molecule has 1 heterocycles. The Kier molecular flexibility index (Phi) is 4.09. The van der Waals surface area contributed by atoms with Crippen LogP contribution in [-0.2, 0) is 4.79 Å². The van der Waals surface area contributed by atoms with E-state index in [1.54, 1.807) is 17.5 Å². The third kappa shape index (κ3) is 3.47. The molecule has 1 atom stereocenters. The van der Waals surface area contributed by atoms with Gasteiger partial charge >= 0.3 is 12.0 Å². The summed E-state index contributed by atoms with van der Waals surface area (Å²) < 4.78 is 0. The summed E-state index contributed by atoms with van der Waals surface area (Å²) >= 11 is 1.32. The van der Waals surface area contributed by atoms with Gasteiger partial charge in [0.25, 0.3) is 0 Å². The monoisotopic (exact) mass is 282 g/mol. The van der Waals surface area contributed by atoms with Crippen molar-refractivity contribution in [2.45, 2.75) is 44.2 Å². The molecule has 0 aliphatic heterocycles. The Balaban J connectivity index is 1.98. The zero-order valence-electron chi connectivity index (χ0n) is 10.8. The van der Waals surface area contributed by atoms with Crippen LogP contribution in [0.4, 0.5) is 4.79 Å². The molecule has 3 N–H and O–H groups in total. The summed E-state index contributed by atoms with van der Waals surface area (Å²) in [6, 6.07) is 2.09. The van der Waals surface area contributed by atoms with E-state index in [0.717, 1.165) is 25.7 Å². The van der Waals surface area contributed by atoms with Crippen LogP contribution < -0.4 is 10.6 Å². The molecule has 6 heteroatoms. The van der Waals surface area contributed by atoms with Gasteiger partial charge in [0.2, 0.25) is 0 Å². The molecule has 0 radical (unpaired) electrons. The summed E-state index contributed by atoms with van der Waals surface area (Å²) in [7, 11) is 0. The fraction of sp³-hybridized carbons (Fsp3) is 0.538. The first-order valence-corrected chi connectivity index (χ1v) is 7.23. The van der Waals surface area contributed by atoms with E-state index in [1.807, 2.05) is 6.92 Å². The Morgan fingerprint density at radius 1 is 1.42 bits per heavy atom. The van der Waals surface area contributed by atoms with Gasteiger partial charge in [-0.25, -0.2) is 9.59 Å². The summed E-state index contributed by atoms with van der Waals surface area (Å²) in [5, 5.41) is 16.4. The van der Waals surface area contributed by atoms with E-state index in [2.05, 4.69) is 10.6 Å². The Bertz CT molecular complexity index is 452. The van der Waals surface area contributed by atoms with Gasteiger partial charge < -0.3 is 15.7 Å². The first-order valence-electron chi connectivity index (χ1n) is 6.35. The number of carboxylic acids is 1. The van der Waals surface area contributed by atoms with Gasteiger partial charge in [0.05, 0.1) is 0 Å². The number of amides is 2. The number of nitrogens with one attached hydrogen (secondary N) is 2. The minimum absolute atomic E-state index is 0.206. The largest absolute Gasteiger partial charge is 0.479 e. The first kappa shape index (κ1) is 13.9. The standard InChI is InChI=1S/C13H18N2O3S/c1-13(6-2-3-7-13)15-12(18)14-10(11(16)17)9-5-4-8-19-9/h4-5,8,10H,2-3,6-7H2,1H3,(H,16,17)(H2,14,15,18). The molecule has 1 aliphatic rings. The van der Waals surface area contributed by atoms with E-state index in [4.69, 9.17) is 0 Å². The number of carbonyl (C=O) groups excluding carboxylic acids is 1. The SMILES string of the molecule is CC1(NC(=O)NC(C(=O)O)c2cccs2)CCCC1. The van der Waals surface area contributed by atoms with Crippen molar-refractivity contribution < 1.29 is 14.7 Å². The number of urea groups is 1. The average molecular weight is 282 g/mol. The molecule has 0 bridgehead atoms. The molecule has 19 heavy (non-hydrogen) atoms. The van der Waals surface area contributed by atoms with Crippen LogP contribution in [0, 0.1) is 0 Å². The zero-order valence-corrected chi connectivity index (χ0v) is 11.6. The lowest BCUT2D eigenvalue weighted by Crippen LogP contribution is -2.50. The van der Waals surface area contributed by atoms with Crippen LogP contribution in [0.15, 0.2) is 17.5 Å². The van der Waals surface area contributed by atoms with Crippen molar-refractivity contribution in [3.05, 3.63) is 22.4 Å². The molecule has 2 rings (SSSR count). The van der Waals surface area contributed by atoms with Crippen molar-refractivity contribution in [1.82, 2.24) is 10.6 Å². The van der Waals surface area contributed by atoms with Crippen LogP contribution in [0.25, 0.3) is 0 Å². The van der Waals surface area contributed by atoms with Crippen LogP contribution >= 0.6 is 11.3 Å². The van der Waals surface area contributed by atoms with Gasteiger partial charge in [0, 0.05) is 10.4 Å². The smallest absolute Gasteiger partial charge is 0.331 e. The number of carbonyl (C=O) groups is 2. The highest BCUT2D eigenvalue weighted by Gasteiger charge is 2.31. The molecule has 1 unspecified atom stereocenters. The van der Waals surface area contributed by atoms with Crippen LogP contribution in [0.2, 0.25) is 0 Å². The summed E-state index contributed by atoms with van der Waals surface area (Å²) in [6.45, 7) is 2.00. The predicted octanol–water partition coefficient (Wildman–Crippen LogP) is 2.51. The van der Waals surface area contributed by atoms with Crippen LogP contribution in [0.3, 0.4) is 0 Å². The molecule has 5 nitrogen and oxygen atoms in total. The molecule has 1 saturated carbocycles. The van der Waals surface area contributed by atoms with Crippen molar-refractivity contribution in [1.29, 1.82) is 0 Å². The minimum Gasteiger partial charge on any atom is -0.479 e. The van der Waals surface area contributed by atoms with Crippen molar-refractivity contribution in [2.24, 2.45) is 0 Å². The van der Waals surface area contributed by atoms with Crippen LogP contribution in [-0.4, -0.2) is 22.6 Å². The van der Waals surface area contributed by atoms with Gasteiger partial charge in [-0.1, -0.05) is 18.9 Å². The highest BCUT2D eigenvalue weighted by Crippen LogP contribution is 2.29. The summed E-state index contributed by atoms with van der Waals surface area (Å²) in [5.74, 6) is -1.05. The molecular weight excluding hydrogens is 264 g/mol. The van der Waals surface area contributed by atoms with Crippen molar-refractivity contribution in [3.63, 3.8) is 0 Å². The Morgan fingerprint density at radius 2 is 2.11 bits per heavy atom. The van der Waals surface area contributed by atoms with Gasteiger partial charge in [-0.3, -0.25) is 0 Å². The second-order valence-corrected chi connectivity index (χ2v) is 6.13. The van der Waals surface area contributed by atoms with E-state index in [-0.39, 0.29) is 5.54 Å². The second kappa shape index (κ2) is 5.61. The maximum atomic E-state index is 11.9. The van der Waals surface area contributed by atoms with Gasteiger partial charge in [-0.05, 0) is 31.2 Å². The highest BCUT2D eigenvalue weighted by atomic mass is 32.1. The third-order valence-corrected chi connectivity index (χ3v) is 4.41. The fourth-order valence-corrected chi connectivity index (χ4v) is 3.20. The Morgan fingerprint density at radius 3 is 2.63 bits per heavy atom. The van der Waals surface area contributed by atoms with Crippen LogP contribution in [0.1, 0.15) is 43.5 Å². The molecule has 2 amide bonds. The summed E-state index contributed by atoms with van der Waals surface area (Å²) in [6.07, 6.45) is 4.09. The Hall–Kier alpha value is -1.56. The molecular formula is C13H18N2O3S. The number of hydrogen-bond acceptors (Lipinski definition) is 3. The maximum absolute atomic E-state index is 11.9. The number of rotatable bonds is 4. The van der Waals surface area contributed by atoms with Gasteiger partial charge in [0.1, 0.15) is 0 Å². The highest BCUT2D eigenvalue weighted by molar-refractivity contribution is 7.10. The van der Waals surface area contributed by atoms with Crippen LogP contribution in [0.5, 0.6) is 0 Å². The molecule has 1 aliphatic carbocycles. The lowest BCUT2D eigenvalue weighted by Gasteiger charge is -2.26. The third-order valence-electron chi connectivity index (χ3n) is 3.47. The number of thiophene rings is 1. The van der Waals surface area contributed by atoms with E-state index < -0.39 is 18.0 Å². The van der Waals surface area contributed by atoms with Gasteiger partial charge in [0.15, 0.2) is 6.04 Å². The predicted molar refractivity (Wildman–Crippen MR) is 73.2 cm³/mol. The lowest BCUT2D eigenvalue weighted by molar-refractivity contribution is -0.139. The normalized spacial score (nSPS) is 18.8. The van der Waals surface area contributed by atoms with Crippen molar-refractivity contribution >= 4 is 23.3 Å². The first-order chi connectivity index (χ1) is 9.00. The van der Waals surface area contributed by atoms with Gasteiger partial charge in [-0.2, -0.15) is 0 Å². The summed E-state index contributed by atoms with van der Waals surface area (Å²) in [4.78, 5) is 23.8. The molecule has 1 aromatic rings.